The number of carbonyl (C=O) groups is 1. The van der Waals surface area contributed by atoms with E-state index in [0.717, 1.165) is 11.1 Å². The summed E-state index contributed by atoms with van der Waals surface area (Å²) < 4.78 is 17.8. The van der Waals surface area contributed by atoms with E-state index >= 15 is 0 Å². The van der Waals surface area contributed by atoms with Crippen molar-refractivity contribution in [3.05, 3.63) is 84.4 Å². The van der Waals surface area contributed by atoms with Gasteiger partial charge in [0.2, 0.25) is 5.75 Å². The van der Waals surface area contributed by atoms with E-state index in [4.69, 9.17) is 19.3 Å². The van der Waals surface area contributed by atoms with E-state index in [1.807, 2.05) is 66.7 Å². The molecule has 0 fully saturated rings. The monoisotopic (exact) mass is 481 g/mol. The van der Waals surface area contributed by atoms with Gasteiger partial charge in [0.05, 0.1) is 27.0 Å². The highest BCUT2D eigenvalue weighted by Gasteiger charge is 2.17. The molecule has 2 aromatic heterocycles. The maximum atomic E-state index is 13.0. The van der Waals surface area contributed by atoms with Gasteiger partial charge in [0, 0.05) is 22.4 Å². The lowest BCUT2D eigenvalue weighted by molar-refractivity contribution is 0.102. The van der Waals surface area contributed by atoms with Crippen molar-refractivity contribution in [3.8, 4) is 39.9 Å². The predicted molar refractivity (Wildman–Crippen MR) is 136 cm³/mol. The molecule has 9 nitrogen and oxygen atoms in total. The summed E-state index contributed by atoms with van der Waals surface area (Å²) in [6.07, 6.45) is 0. The highest BCUT2D eigenvalue weighted by Crippen LogP contribution is 2.38. The summed E-state index contributed by atoms with van der Waals surface area (Å²) in [6.45, 7) is 0. The van der Waals surface area contributed by atoms with E-state index in [0.29, 0.717) is 45.7 Å². The summed E-state index contributed by atoms with van der Waals surface area (Å²) >= 11 is 0. The zero-order valence-corrected chi connectivity index (χ0v) is 19.9. The number of carbonyl (C=O) groups excluding carboxylic acids is 1. The minimum atomic E-state index is -0.319. The van der Waals surface area contributed by atoms with Gasteiger partial charge in [-0.05, 0) is 36.4 Å². The van der Waals surface area contributed by atoms with Crippen LogP contribution in [0.1, 0.15) is 10.4 Å². The van der Waals surface area contributed by atoms with Gasteiger partial charge >= 0.3 is 0 Å². The lowest BCUT2D eigenvalue weighted by Gasteiger charge is -2.14. The molecule has 0 aliphatic carbocycles. The van der Waals surface area contributed by atoms with Crippen LogP contribution in [0, 0.1) is 0 Å². The second-order valence-corrected chi connectivity index (χ2v) is 7.83. The Hall–Kier alpha value is -4.92. The highest BCUT2D eigenvalue weighted by atomic mass is 16.5. The van der Waals surface area contributed by atoms with Crippen molar-refractivity contribution in [1.29, 1.82) is 0 Å². The Morgan fingerprint density at radius 1 is 0.778 bits per heavy atom. The molecule has 0 saturated heterocycles. The molecule has 0 unspecified atom stereocenters. The summed E-state index contributed by atoms with van der Waals surface area (Å²) in [5, 5.41) is 16.2. The van der Waals surface area contributed by atoms with Crippen molar-refractivity contribution in [3.63, 3.8) is 0 Å². The van der Waals surface area contributed by atoms with Gasteiger partial charge < -0.3 is 19.5 Å². The van der Waals surface area contributed by atoms with Gasteiger partial charge in [-0.15, -0.1) is 10.2 Å². The molecule has 2 heterocycles. The van der Waals surface area contributed by atoms with E-state index < -0.39 is 0 Å². The molecule has 0 spiro atoms. The van der Waals surface area contributed by atoms with Crippen LogP contribution < -0.4 is 19.5 Å². The molecule has 36 heavy (non-hydrogen) atoms. The van der Waals surface area contributed by atoms with Gasteiger partial charge in [-0.3, -0.25) is 4.79 Å². The van der Waals surface area contributed by atoms with Gasteiger partial charge in [0.25, 0.3) is 5.91 Å². The molecule has 0 radical (unpaired) electrons. The number of aromatic nitrogens is 4. The third-order valence-electron chi connectivity index (χ3n) is 5.64. The Morgan fingerprint density at radius 2 is 1.50 bits per heavy atom. The SMILES string of the molecule is COc1cc(C(=O)Nc2cccc(-c3ccc4nnc(-c5ccccc5)n4n3)c2)cc(OC)c1OC. The Labute approximate surface area is 207 Å². The number of amides is 1. The Kier molecular flexibility index (Phi) is 6.19. The van der Waals surface area contributed by atoms with Crippen molar-refractivity contribution < 1.29 is 19.0 Å². The second kappa shape index (κ2) is 9.75. The second-order valence-electron chi connectivity index (χ2n) is 7.83. The third-order valence-corrected chi connectivity index (χ3v) is 5.64. The first kappa shape index (κ1) is 22.9. The smallest absolute Gasteiger partial charge is 0.255 e. The molecule has 5 aromatic rings. The average Bonchev–Trinajstić information content (AvgIpc) is 3.36. The van der Waals surface area contributed by atoms with Gasteiger partial charge in [-0.2, -0.15) is 9.61 Å². The molecular formula is C27H23N5O4. The molecule has 0 aliphatic heterocycles. The third kappa shape index (κ3) is 4.29. The molecule has 0 atom stereocenters. The average molecular weight is 482 g/mol. The van der Waals surface area contributed by atoms with Crippen LogP contribution in [-0.4, -0.2) is 47.0 Å². The van der Waals surface area contributed by atoms with Crippen LogP contribution in [0.15, 0.2) is 78.9 Å². The number of nitrogens with one attached hydrogen (secondary N) is 1. The maximum Gasteiger partial charge on any atom is 0.255 e. The summed E-state index contributed by atoms with van der Waals surface area (Å²) in [5.41, 5.74) is 4.08. The van der Waals surface area contributed by atoms with Crippen LogP contribution in [0.2, 0.25) is 0 Å². The molecule has 1 N–H and O–H groups in total. The Balaban J connectivity index is 1.45. The minimum Gasteiger partial charge on any atom is -0.493 e. The largest absolute Gasteiger partial charge is 0.493 e. The molecule has 180 valence electrons. The molecule has 5 rings (SSSR count). The standard InChI is InChI=1S/C27H23N5O4/c1-34-22-15-19(16-23(35-2)25(22)36-3)27(33)28-20-11-7-10-18(14-20)21-12-13-24-29-30-26(32(24)31-21)17-8-5-4-6-9-17/h4-16H,1-3H3,(H,28,33). The van der Waals surface area contributed by atoms with Gasteiger partial charge in [-0.1, -0.05) is 42.5 Å². The number of benzene rings is 3. The van der Waals surface area contributed by atoms with Gasteiger partial charge in [-0.25, -0.2) is 0 Å². The fourth-order valence-corrected chi connectivity index (χ4v) is 3.88. The van der Waals surface area contributed by atoms with Crippen LogP contribution in [-0.2, 0) is 0 Å². The predicted octanol–water partition coefficient (Wildman–Crippen LogP) is 4.74. The van der Waals surface area contributed by atoms with Gasteiger partial charge in [0.15, 0.2) is 23.0 Å². The lowest BCUT2D eigenvalue weighted by atomic mass is 10.1. The number of ether oxygens (including phenoxy) is 3. The molecule has 0 bridgehead atoms. The van der Waals surface area contributed by atoms with Crippen molar-refractivity contribution >= 4 is 17.2 Å². The van der Waals surface area contributed by atoms with Crippen LogP contribution in [0.25, 0.3) is 28.3 Å². The van der Waals surface area contributed by atoms with Crippen molar-refractivity contribution in [2.24, 2.45) is 0 Å². The number of nitrogens with zero attached hydrogens (tertiary/aromatic N) is 4. The van der Waals surface area contributed by atoms with E-state index in [-0.39, 0.29) is 5.91 Å². The Morgan fingerprint density at radius 3 is 2.19 bits per heavy atom. The fourth-order valence-electron chi connectivity index (χ4n) is 3.88. The lowest BCUT2D eigenvalue weighted by Crippen LogP contribution is -2.12. The number of anilines is 1. The van der Waals surface area contributed by atoms with E-state index in [2.05, 4.69) is 15.5 Å². The molecular weight excluding hydrogens is 458 g/mol. The number of hydrogen-bond acceptors (Lipinski definition) is 7. The molecule has 0 saturated carbocycles. The zero-order chi connectivity index (χ0) is 25.1. The first-order valence-electron chi connectivity index (χ1n) is 11.1. The number of fused-ring (bicyclic) bond motifs is 1. The summed E-state index contributed by atoms with van der Waals surface area (Å²) in [5.74, 6) is 1.55. The molecule has 1 amide bonds. The topological polar surface area (TPSA) is 99.9 Å². The first-order chi connectivity index (χ1) is 17.6. The quantitative estimate of drug-likeness (QED) is 0.358. The van der Waals surface area contributed by atoms with Crippen LogP contribution in [0.5, 0.6) is 17.2 Å². The summed E-state index contributed by atoms with van der Waals surface area (Å²) in [7, 11) is 4.52. The fraction of sp³-hybridized carbons (Fsp3) is 0.111. The molecule has 0 aliphatic rings. The number of methoxy groups -OCH3 is 3. The highest BCUT2D eigenvalue weighted by molar-refractivity contribution is 6.05. The molecule has 9 heteroatoms. The van der Waals surface area contributed by atoms with Crippen LogP contribution >= 0.6 is 0 Å². The zero-order valence-electron chi connectivity index (χ0n) is 19.9. The van der Waals surface area contributed by atoms with Crippen LogP contribution in [0.4, 0.5) is 5.69 Å². The van der Waals surface area contributed by atoms with E-state index in [1.54, 1.807) is 16.6 Å². The summed E-state index contributed by atoms with van der Waals surface area (Å²) in [6, 6.07) is 24.2. The van der Waals surface area contributed by atoms with Crippen molar-refractivity contribution in [2.45, 2.75) is 0 Å². The van der Waals surface area contributed by atoms with E-state index in [9.17, 15) is 4.79 Å². The van der Waals surface area contributed by atoms with E-state index in [1.165, 1.54) is 21.3 Å². The minimum absolute atomic E-state index is 0.319. The number of hydrogen-bond donors (Lipinski definition) is 1. The first-order valence-corrected chi connectivity index (χ1v) is 11.1. The van der Waals surface area contributed by atoms with Crippen molar-refractivity contribution in [2.75, 3.05) is 26.6 Å². The summed E-state index contributed by atoms with van der Waals surface area (Å²) in [4.78, 5) is 13.0. The van der Waals surface area contributed by atoms with Gasteiger partial charge in [0.1, 0.15) is 0 Å². The normalized spacial score (nSPS) is 10.8. The number of rotatable bonds is 7. The van der Waals surface area contributed by atoms with Crippen LogP contribution in [0.3, 0.4) is 0 Å². The molecule has 3 aromatic carbocycles. The maximum absolute atomic E-state index is 13.0. The van der Waals surface area contributed by atoms with Crippen molar-refractivity contribution in [1.82, 2.24) is 19.8 Å². The Bertz CT molecular complexity index is 1520.